The molecule has 0 spiro atoms. The highest BCUT2D eigenvalue weighted by molar-refractivity contribution is 5.69. The Balaban J connectivity index is 3.55. The average Bonchev–Trinajstić information content (AvgIpc) is 2.53. The van der Waals surface area contributed by atoms with Crippen molar-refractivity contribution in [2.75, 3.05) is 13.2 Å². The van der Waals surface area contributed by atoms with Gasteiger partial charge in [-0.25, -0.2) is 0 Å². The summed E-state index contributed by atoms with van der Waals surface area (Å²) in [4.78, 5) is 21.7. The Morgan fingerprint density at radius 1 is 0.826 bits per heavy atom. The zero-order valence-electron chi connectivity index (χ0n) is 13.3. The summed E-state index contributed by atoms with van der Waals surface area (Å²) in [7, 11) is 0. The minimum absolute atomic E-state index is 0.186. The smallest absolute Gasteiger partial charge is 0.305 e. The van der Waals surface area contributed by atoms with Gasteiger partial charge in [-0.1, -0.05) is 25.7 Å². The van der Waals surface area contributed by atoms with Gasteiger partial charge >= 0.3 is 11.9 Å². The van der Waals surface area contributed by atoms with Crippen molar-refractivity contribution in [2.45, 2.75) is 69.7 Å². The molecule has 0 aliphatic rings. The molecular formula is C15H28O8. The van der Waals surface area contributed by atoms with Crippen molar-refractivity contribution in [2.24, 2.45) is 0 Å². The third-order valence-corrected chi connectivity index (χ3v) is 3.41. The zero-order chi connectivity index (χ0) is 17.7. The van der Waals surface area contributed by atoms with E-state index in [0.29, 0.717) is 12.8 Å². The fourth-order valence-corrected chi connectivity index (χ4v) is 1.97. The normalized spacial score (nSPS) is 15.0. The van der Waals surface area contributed by atoms with Crippen LogP contribution in [0.15, 0.2) is 0 Å². The second-order valence-corrected chi connectivity index (χ2v) is 5.51. The first-order chi connectivity index (χ1) is 10.9. The lowest BCUT2D eigenvalue weighted by atomic mass is 10.1. The van der Waals surface area contributed by atoms with E-state index in [4.69, 9.17) is 20.1 Å². The SMILES string of the molecule is O=C(O)CCCCCCCCC(=O)OC[C@@H](O)[C@H](O)[C@H](O)CO. The predicted molar refractivity (Wildman–Crippen MR) is 80.6 cm³/mol. The lowest BCUT2D eigenvalue weighted by Gasteiger charge is -2.21. The van der Waals surface area contributed by atoms with Gasteiger partial charge in [-0.2, -0.15) is 0 Å². The Bertz CT molecular complexity index is 333. The molecule has 0 amide bonds. The van der Waals surface area contributed by atoms with Crippen molar-refractivity contribution < 1.29 is 39.9 Å². The molecule has 0 aromatic heterocycles. The van der Waals surface area contributed by atoms with Gasteiger partial charge in [-0.3, -0.25) is 9.59 Å². The number of aliphatic hydroxyl groups excluding tert-OH is 4. The molecule has 0 bridgehead atoms. The number of aliphatic carboxylic acids is 1. The summed E-state index contributed by atoms with van der Waals surface area (Å²) < 4.78 is 4.78. The van der Waals surface area contributed by atoms with Crippen LogP contribution in [0.2, 0.25) is 0 Å². The van der Waals surface area contributed by atoms with Crippen LogP contribution in [-0.4, -0.2) is 69.0 Å². The maximum absolute atomic E-state index is 11.4. The van der Waals surface area contributed by atoms with Gasteiger partial charge in [0, 0.05) is 12.8 Å². The van der Waals surface area contributed by atoms with E-state index in [1.54, 1.807) is 0 Å². The van der Waals surface area contributed by atoms with E-state index in [1.807, 2.05) is 0 Å². The maximum Gasteiger partial charge on any atom is 0.305 e. The van der Waals surface area contributed by atoms with Crippen LogP contribution < -0.4 is 0 Å². The largest absolute Gasteiger partial charge is 0.481 e. The Hall–Kier alpha value is -1.22. The summed E-state index contributed by atoms with van der Waals surface area (Å²) in [5.74, 6) is -1.29. The van der Waals surface area contributed by atoms with Gasteiger partial charge in [0.25, 0.3) is 0 Å². The summed E-state index contributed by atoms with van der Waals surface area (Å²) in [5, 5.41) is 45.0. The molecule has 0 fully saturated rings. The summed E-state index contributed by atoms with van der Waals surface area (Å²) in [6.07, 6.45) is 0.700. The molecule has 136 valence electrons. The Morgan fingerprint density at radius 2 is 1.35 bits per heavy atom. The monoisotopic (exact) mass is 336 g/mol. The van der Waals surface area contributed by atoms with Gasteiger partial charge in [0.2, 0.25) is 0 Å². The van der Waals surface area contributed by atoms with E-state index in [1.165, 1.54) is 0 Å². The fraction of sp³-hybridized carbons (Fsp3) is 0.867. The van der Waals surface area contributed by atoms with E-state index in [0.717, 1.165) is 25.7 Å². The van der Waals surface area contributed by atoms with Crippen LogP contribution in [0.3, 0.4) is 0 Å². The predicted octanol–water partition coefficient (Wildman–Crippen LogP) is -0.190. The third kappa shape index (κ3) is 11.9. The molecular weight excluding hydrogens is 308 g/mol. The lowest BCUT2D eigenvalue weighted by molar-refractivity contribution is -0.152. The van der Waals surface area contributed by atoms with Crippen LogP contribution in [0, 0.1) is 0 Å². The molecule has 0 aliphatic heterocycles. The highest BCUT2D eigenvalue weighted by Gasteiger charge is 2.25. The van der Waals surface area contributed by atoms with E-state index < -0.39 is 43.5 Å². The summed E-state index contributed by atoms with van der Waals surface area (Å²) in [6, 6.07) is 0. The summed E-state index contributed by atoms with van der Waals surface area (Å²) in [6.45, 7) is -1.13. The summed E-state index contributed by atoms with van der Waals surface area (Å²) >= 11 is 0. The van der Waals surface area contributed by atoms with Crippen molar-refractivity contribution in [3.63, 3.8) is 0 Å². The van der Waals surface area contributed by atoms with Crippen molar-refractivity contribution in [3.05, 3.63) is 0 Å². The fourth-order valence-electron chi connectivity index (χ4n) is 1.97. The molecule has 0 aromatic carbocycles. The molecule has 0 saturated heterocycles. The molecule has 8 heteroatoms. The highest BCUT2D eigenvalue weighted by Crippen LogP contribution is 2.09. The number of hydrogen-bond acceptors (Lipinski definition) is 7. The molecule has 0 saturated carbocycles. The quantitative estimate of drug-likeness (QED) is 0.217. The van der Waals surface area contributed by atoms with Crippen LogP contribution in [-0.2, 0) is 14.3 Å². The average molecular weight is 336 g/mol. The van der Waals surface area contributed by atoms with Gasteiger partial charge in [-0.05, 0) is 12.8 Å². The number of unbranched alkanes of at least 4 members (excludes halogenated alkanes) is 5. The van der Waals surface area contributed by atoms with Crippen LogP contribution in [0.1, 0.15) is 51.4 Å². The number of carbonyl (C=O) groups excluding carboxylic acids is 1. The van der Waals surface area contributed by atoms with Crippen LogP contribution >= 0.6 is 0 Å². The summed E-state index contributed by atoms with van der Waals surface area (Å²) in [5.41, 5.74) is 0. The number of rotatable bonds is 14. The van der Waals surface area contributed by atoms with E-state index >= 15 is 0 Å². The van der Waals surface area contributed by atoms with Gasteiger partial charge < -0.3 is 30.3 Å². The molecule has 0 rings (SSSR count). The molecule has 3 atom stereocenters. The van der Waals surface area contributed by atoms with E-state index in [-0.39, 0.29) is 12.8 Å². The molecule has 0 unspecified atom stereocenters. The van der Waals surface area contributed by atoms with E-state index in [9.17, 15) is 19.8 Å². The number of carbonyl (C=O) groups is 2. The van der Waals surface area contributed by atoms with Gasteiger partial charge in [0.15, 0.2) is 0 Å². The highest BCUT2D eigenvalue weighted by atomic mass is 16.5. The molecule has 0 radical (unpaired) electrons. The number of carboxylic acid groups (broad SMARTS) is 1. The standard InChI is InChI=1S/C15H28O8/c16-9-11(17)15(22)12(18)10-23-14(21)8-6-4-2-1-3-5-7-13(19)20/h11-12,15-18,22H,1-10H2,(H,19,20)/t11-,12-,15-/m1/s1. The Kier molecular flexibility index (Phi) is 12.5. The number of aliphatic hydroxyl groups is 4. The minimum Gasteiger partial charge on any atom is -0.481 e. The van der Waals surface area contributed by atoms with E-state index in [2.05, 4.69) is 0 Å². The molecule has 0 aliphatic carbocycles. The number of carboxylic acids is 1. The molecule has 0 heterocycles. The molecule has 8 nitrogen and oxygen atoms in total. The van der Waals surface area contributed by atoms with Crippen LogP contribution in [0.5, 0.6) is 0 Å². The third-order valence-electron chi connectivity index (χ3n) is 3.41. The second kappa shape index (κ2) is 13.2. The topological polar surface area (TPSA) is 145 Å². The lowest BCUT2D eigenvalue weighted by Crippen LogP contribution is -2.42. The minimum atomic E-state index is -1.57. The van der Waals surface area contributed by atoms with Crippen molar-refractivity contribution in [3.8, 4) is 0 Å². The van der Waals surface area contributed by atoms with Crippen molar-refractivity contribution in [1.29, 1.82) is 0 Å². The van der Waals surface area contributed by atoms with Crippen LogP contribution in [0.25, 0.3) is 0 Å². The van der Waals surface area contributed by atoms with Gasteiger partial charge in [0.05, 0.1) is 6.61 Å². The van der Waals surface area contributed by atoms with Crippen molar-refractivity contribution in [1.82, 2.24) is 0 Å². The Morgan fingerprint density at radius 3 is 1.87 bits per heavy atom. The second-order valence-electron chi connectivity index (χ2n) is 5.51. The Labute approximate surface area is 135 Å². The van der Waals surface area contributed by atoms with Crippen molar-refractivity contribution >= 4 is 11.9 Å². The first-order valence-corrected chi connectivity index (χ1v) is 7.91. The maximum atomic E-state index is 11.4. The van der Waals surface area contributed by atoms with Crippen LogP contribution in [0.4, 0.5) is 0 Å². The van der Waals surface area contributed by atoms with Gasteiger partial charge in [0.1, 0.15) is 24.9 Å². The zero-order valence-corrected chi connectivity index (χ0v) is 13.3. The number of hydrogen-bond donors (Lipinski definition) is 5. The number of ether oxygens (including phenoxy) is 1. The molecule has 23 heavy (non-hydrogen) atoms. The first kappa shape index (κ1) is 21.8. The van der Waals surface area contributed by atoms with Gasteiger partial charge in [-0.15, -0.1) is 0 Å². The molecule has 0 aromatic rings. The number of esters is 1. The first-order valence-electron chi connectivity index (χ1n) is 7.91. The molecule has 5 N–H and O–H groups in total.